The number of carbonyl (C=O) groups is 1. The topological polar surface area (TPSA) is 55.6 Å². The summed E-state index contributed by atoms with van der Waals surface area (Å²) in [6.07, 6.45) is 2.34. The molecule has 1 saturated heterocycles. The van der Waals surface area contributed by atoms with Crippen LogP contribution in [0.3, 0.4) is 0 Å². The van der Waals surface area contributed by atoms with Crippen LogP contribution in [0.2, 0.25) is 0 Å². The maximum absolute atomic E-state index is 12.2. The Morgan fingerprint density at radius 2 is 2.28 bits per heavy atom. The van der Waals surface area contributed by atoms with Crippen molar-refractivity contribution in [2.75, 3.05) is 13.1 Å². The molecule has 2 rings (SSSR count). The minimum absolute atomic E-state index is 0.0143. The summed E-state index contributed by atoms with van der Waals surface area (Å²) < 4.78 is 0. The van der Waals surface area contributed by atoms with E-state index in [0.717, 1.165) is 30.5 Å². The van der Waals surface area contributed by atoms with Gasteiger partial charge in [0.05, 0.1) is 12.5 Å². The standard InChI is InChI=1S/C14H20N2O2/c1-11-5-2-3-6-12(11)9-14(17)16-8-4-7-13(10-16)18-15/h2-3,5-6,13H,4,7-10,15H2,1H3. The predicted octanol–water partition coefficient (Wildman–Crippen LogP) is 1.42. The molecule has 1 aromatic rings. The first-order valence-electron chi connectivity index (χ1n) is 6.38. The van der Waals surface area contributed by atoms with Gasteiger partial charge in [0.15, 0.2) is 0 Å². The Balaban J connectivity index is 1.97. The van der Waals surface area contributed by atoms with E-state index in [1.54, 1.807) is 0 Å². The van der Waals surface area contributed by atoms with Crippen LogP contribution in [-0.2, 0) is 16.1 Å². The molecule has 0 spiro atoms. The van der Waals surface area contributed by atoms with Gasteiger partial charge in [0.2, 0.25) is 5.91 Å². The van der Waals surface area contributed by atoms with Crippen LogP contribution in [0.15, 0.2) is 24.3 Å². The molecule has 0 saturated carbocycles. The molecule has 1 heterocycles. The van der Waals surface area contributed by atoms with Gasteiger partial charge in [0.1, 0.15) is 0 Å². The number of piperidine rings is 1. The third kappa shape index (κ3) is 3.09. The van der Waals surface area contributed by atoms with E-state index in [4.69, 9.17) is 10.7 Å². The number of nitrogens with two attached hydrogens (primary N) is 1. The number of benzene rings is 1. The molecule has 1 aliphatic rings. The fourth-order valence-electron chi connectivity index (χ4n) is 2.36. The summed E-state index contributed by atoms with van der Waals surface area (Å²) in [4.78, 5) is 18.9. The molecule has 1 unspecified atom stereocenters. The molecule has 4 heteroatoms. The van der Waals surface area contributed by atoms with Gasteiger partial charge in [-0.15, -0.1) is 0 Å². The van der Waals surface area contributed by atoms with Gasteiger partial charge in [0.25, 0.3) is 0 Å². The molecule has 1 aromatic carbocycles. The fraction of sp³-hybridized carbons (Fsp3) is 0.500. The fourth-order valence-corrected chi connectivity index (χ4v) is 2.36. The molecule has 98 valence electrons. The molecule has 1 atom stereocenters. The lowest BCUT2D eigenvalue weighted by Gasteiger charge is -2.31. The van der Waals surface area contributed by atoms with Gasteiger partial charge in [-0.25, -0.2) is 5.90 Å². The minimum Gasteiger partial charge on any atom is -0.340 e. The van der Waals surface area contributed by atoms with E-state index in [2.05, 4.69) is 0 Å². The highest BCUT2D eigenvalue weighted by Crippen LogP contribution is 2.15. The predicted molar refractivity (Wildman–Crippen MR) is 69.8 cm³/mol. The molecule has 1 amide bonds. The van der Waals surface area contributed by atoms with Crippen LogP contribution in [0.5, 0.6) is 0 Å². The quantitative estimate of drug-likeness (QED) is 0.823. The Bertz CT molecular complexity index is 420. The lowest BCUT2D eigenvalue weighted by Crippen LogP contribution is -2.44. The van der Waals surface area contributed by atoms with Gasteiger partial charge in [-0.3, -0.25) is 9.63 Å². The van der Waals surface area contributed by atoms with E-state index < -0.39 is 0 Å². The molecule has 18 heavy (non-hydrogen) atoms. The van der Waals surface area contributed by atoms with Crippen molar-refractivity contribution in [2.45, 2.75) is 32.3 Å². The number of hydrogen-bond donors (Lipinski definition) is 1. The van der Waals surface area contributed by atoms with Crippen LogP contribution < -0.4 is 5.90 Å². The molecular weight excluding hydrogens is 228 g/mol. The van der Waals surface area contributed by atoms with Crippen molar-refractivity contribution in [2.24, 2.45) is 5.90 Å². The van der Waals surface area contributed by atoms with Crippen molar-refractivity contribution in [1.29, 1.82) is 0 Å². The third-order valence-electron chi connectivity index (χ3n) is 3.53. The summed E-state index contributed by atoms with van der Waals surface area (Å²) >= 11 is 0. The Morgan fingerprint density at radius 3 is 3.00 bits per heavy atom. The Labute approximate surface area is 108 Å². The Hall–Kier alpha value is -1.39. The van der Waals surface area contributed by atoms with Crippen molar-refractivity contribution >= 4 is 5.91 Å². The second-order valence-corrected chi connectivity index (χ2v) is 4.84. The van der Waals surface area contributed by atoms with Crippen LogP contribution in [0.25, 0.3) is 0 Å². The van der Waals surface area contributed by atoms with Crippen LogP contribution >= 0.6 is 0 Å². The van der Waals surface area contributed by atoms with Crippen LogP contribution in [0.1, 0.15) is 24.0 Å². The lowest BCUT2D eigenvalue weighted by atomic mass is 10.0. The van der Waals surface area contributed by atoms with Crippen LogP contribution in [0.4, 0.5) is 0 Å². The third-order valence-corrected chi connectivity index (χ3v) is 3.53. The smallest absolute Gasteiger partial charge is 0.227 e. The van der Waals surface area contributed by atoms with Gasteiger partial charge in [-0.05, 0) is 30.9 Å². The average Bonchev–Trinajstić information content (AvgIpc) is 2.41. The molecule has 4 nitrogen and oxygen atoms in total. The first-order chi connectivity index (χ1) is 8.70. The molecule has 0 radical (unpaired) electrons. The van der Waals surface area contributed by atoms with E-state index >= 15 is 0 Å². The van der Waals surface area contributed by atoms with Gasteiger partial charge in [0, 0.05) is 13.1 Å². The van der Waals surface area contributed by atoms with Crippen LogP contribution in [0, 0.1) is 6.92 Å². The molecule has 1 fully saturated rings. The van der Waals surface area contributed by atoms with E-state index in [1.165, 1.54) is 0 Å². The number of amides is 1. The SMILES string of the molecule is Cc1ccccc1CC(=O)N1CCCC(ON)C1. The number of carbonyl (C=O) groups excluding carboxylic acids is 1. The highest BCUT2D eigenvalue weighted by molar-refractivity contribution is 5.79. The number of hydrogen-bond acceptors (Lipinski definition) is 3. The summed E-state index contributed by atoms with van der Waals surface area (Å²) in [5.74, 6) is 5.36. The number of nitrogens with zero attached hydrogens (tertiary/aromatic N) is 1. The number of rotatable bonds is 3. The lowest BCUT2D eigenvalue weighted by molar-refractivity contribution is -0.134. The second-order valence-electron chi connectivity index (χ2n) is 4.84. The van der Waals surface area contributed by atoms with Crippen molar-refractivity contribution in [3.63, 3.8) is 0 Å². The first kappa shape index (κ1) is 13.1. The van der Waals surface area contributed by atoms with Gasteiger partial charge in [-0.2, -0.15) is 0 Å². The zero-order valence-electron chi connectivity index (χ0n) is 10.8. The Morgan fingerprint density at radius 1 is 1.50 bits per heavy atom. The van der Waals surface area contributed by atoms with E-state index in [1.807, 2.05) is 36.1 Å². The molecule has 0 aliphatic carbocycles. The van der Waals surface area contributed by atoms with E-state index in [9.17, 15) is 4.79 Å². The second kappa shape index (κ2) is 5.98. The molecule has 1 aliphatic heterocycles. The van der Waals surface area contributed by atoms with Gasteiger partial charge < -0.3 is 4.90 Å². The molecule has 0 bridgehead atoms. The Kier molecular flexibility index (Phi) is 4.33. The van der Waals surface area contributed by atoms with Gasteiger partial charge >= 0.3 is 0 Å². The maximum Gasteiger partial charge on any atom is 0.227 e. The van der Waals surface area contributed by atoms with E-state index in [-0.39, 0.29) is 12.0 Å². The maximum atomic E-state index is 12.2. The summed E-state index contributed by atoms with van der Waals surface area (Å²) in [7, 11) is 0. The highest BCUT2D eigenvalue weighted by atomic mass is 16.6. The summed E-state index contributed by atoms with van der Waals surface area (Å²) in [5.41, 5.74) is 2.26. The van der Waals surface area contributed by atoms with E-state index in [0.29, 0.717) is 13.0 Å². The molecular formula is C14H20N2O2. The molecule has 0 aromatic heterocycles. The summed E-state index contributed by atoms with van der Waals surface area (Å²) in [6.45, 7) is 3.45. The number of aryl methyl sites for hydroxylation is 1. The summed E-state index contributed by atoms with van der Waals surface area (Å²) in [5, 5.41) is 0. The van der Waals surface area contributed by atoms with Crippen molar-refractivity contribution in [1.82, 2.24) is 4.90 Å². The van der Waals surface area contributed by atoms with Crippen LogP contribution in [-0.4, -0.2) is 30.0 Å². The zero-order chi connectivity index (χ0) is 13.0. The summed E-state index contributed by atoms with van der Waals surface area (Å²) in [6, 6.07) is 8.00. The van der Waals surface area contributed by atoms with Crippen molar-refractivity contribution < 1.29 is 9.63 Å². The van der Waals surface area contributed by atoms with Gasteiger partial charge in [-0.1, -0.05) is 24.3 Å². The average molecular weight is 248 g/mol. The highest BCUT2D eigenvalue weighted by Gasteiger charge is 2.23. The number of likely N-dealkylation sites (tertiary alicyclic amines) is 1. The minimum atomic E-state index is -0.0143. The first-order valence-corrected chi connectivity index (χ1v) is 6.38. The normalized spacial score (nSPS) is 19.9. The zero-order valence-corrected chi connectivity index (χ0v) is 10.8. The largest absolute Gasteiger partial charge is 0.340 e. The van der Waals surface area contributed by atoms with Crippen molar-refractivity contribution in [3.05, 3.63) is 35.4 Å². The molecule has 2 N–H and O–H groups in total. The van der Waals surface area contributed by atoms with Crippen molar-refractivity contribution in [3.8, 4) is 0 Å². The monoisotopic (exact) mass is 248 g/mol.